The third kappa shape index (κ3) is 6.03. The average molecular weight is 260 g/mol. The lowest BCUT2D eigenvalue weighted by Gasteiger charge is -2.08. The van der Waals surface area contributed by atoms with Crippen LogP contribution in [0.2, 0.25) is 0 Å². The standard InChI is InChI=1S/C6H11N2.C2BF6/c1-3-8-5-4-7(2)6-8;4-1(2(5)6)3(7,8)9/h4-6H,3H2,1-2H3;/q+1;-1. The fourth-order valence-corrected chi connectivity index (χ4v) is 0.812. The van der Waals surface area contributed by atoms with E-state index < -0.39 is 18.8 Å². The molecule has 0 aliphatic carbocycles. The Balaban J connectivity index is 0.000000302. The van der Waals surface area contributed by atoms with Gasteiger partial charge in [0.1, 0.15) is 18.1 Å². The lowest BCUT2D eigenvalue weighted by Crippen LogP contribution is -2.23. The molecule has 1 rings (SSSR count). The molecule has 9 heteroatoms. The zero-order valence-corrected chi connectivity index (χ0v) is 9.18. The molecule has 0 saturated carbocycles. The molecule has 0 spiro atoms. The molecule has 0 N–H and O–H groups in total. The maximum atomic E-state index is 11.1. The van der Waals surface area contributed by atoms with Crippen molar-refractivity contribution in [1.82, 2.24) is 4.57 Å². The number of halogens is 6. The molecule has 1 aromatic rings. The Morgan fingerprint density at radius 2 is 1.76 bits per heavy atom. The minimum absolute atomic E-state index is 1.06. The van der Waals surface area contributed by atoms with Crippen LogP contribution >= 0.6 is 0 Å². The summed E-state index contributed by atoms with van der Waals surface area (Å²) in [6.45, 7) is -2.96. The molecule has 0 radical (unpaired) electrons. The second-order valence-electron chi connectivity index (χ2n) is 3.09. The minimum Gasteiger partial charge on any atom is -0.443 e. The molecule has 0 aliphatic rings. The summed E-state index contributed by atoms with van der Waals surface area (Å²) in [6.07, 6.45) is 2.83. The summed E-state index contributed by atoms with van der Waals surface area (Å²) in [6, 6.07) is 0. The fourth-order valence-electron chi connectivity index (χ4n) is 0.812. The van der Waals surface area contributed by atoms with Crippen molar-refractivity contribution >= 4 is 6.98 Å². The van der Waals surface area contributed by atoms with E-state index in [0.29, 0.717) is 0 Å². The maximum absolute atomic E-state index is 11.1. The molecule has 0 aliphatic heterocycles. The Hall–Kier alpha value is -1.41. The van der Waals surface area contributed by atoms with Gasteiger partial charge < -0.3 is 12.9 Å². The van der Waals surface area contributed by atoms with Gasteiger partial charge in [0.15, 0.2) is 0 Å². The first-order chi connectivity index (χ1) is 7.68. The van der Waals surface area contributed by atoms with Crippen molar-refractivity contribution in [2.45, 2.75) is 13.5 Å². The number of nitrogens with zero attached hydrogens (tertiary/aromatic N) is 2. The fraction of sp³-hybridized carbons (Fsp3) is 0.375. The van der Waals surface area contributed by atoms with E-state index in [-0.39, 0.29) is 0 Å². The summed E-state index contributed by atoms with van der Waals surface area (Å²) < 4.78 is 69.2. The number of imidazole rings is 1. The molecule has 1 aromatic heterocycles. The first kappa shape index (κ1) is 15.6. The largest absolute Gasteiger partial charge is 0.543 e. The van der Waals surface area contributed by atoms with Crippen LogP contribution in [0.4, 0.5) is 26.1 Å². The first-order valence-electron chi connectivity index (χ1n) is 4.60. The van der Waals surface area contributed by atoms with Crippen LogP contribution < -0.4 is 4.57 Å². The van der Waals surface area contributed by atoms with Gasteiger partial charge in [0.25, 0.3) is 6.08 Å². The van der Waals surface area contributed by atoms with Gasteiger partial charge in [-0.15, -0.1) is 0 Å². The maximum Gasteiger partial charge on any atom is 0.543 e. The molecule has 98 valence electrons. The van der Waals surface area contributed by atoms with Gasteiger partial charge in [0.05, 0.1) is 13.6 Å². The van der Waals surface area contributed by atoms with Gasteiger partial charge in [-0.25, -0.2) is 13.5 Å². The summed E-state index contributed by atoms with van der Waals surface area (Å²) in [5.74, 6) is 0. The Morgan fingerprint density at radius 3 is 1.88 bits per heavy atom. The molecule has 0 fully saturated rings. The monoisotopic (exact) mass is 260 g/mol. The van der Waals surface area contributed by atoms with Gasteiger partial charge in [-0.1, -0.05) is 0 Å². The third-order valence-electron chi connectivity index (χ3n) is 1.66. The molecule has 0 aromatic carbocycles. The highest BCUT2D eigenvalue weighted by Crippen LogP contribution is 2.25. The molecular weight excluding hydrogens is 249 g/mol. The first-order valence-corrected chi connectivity index (χ1v) is 4.60. The average Bonchev–Trinajstić information content (AvgIpc) is 2.62. The van der Waals surface area contributed by atoms with Crippen molar-refractivity contribution in [2.75, 3.05) is 0 Å². The summed E-state index contributed by atoms with van der Waals surface area (Å²) in [5.41, 5.74) is -3.27. The van der Waals surface area contributed by atoms with E-state index >= 15 is 0 Å². The molecule has 0 saturated heterocycles. The van der Waals surface area contributed by atoms with Crippen LogP contribution in [0.25, 0.3) is 0 Å². The summed E-state index contributed by atoms with van der Waals surface area (Å²) in [7, 11) is 2.02. The van der Waals surface area contributed by atoms with Crippen molar-refractivity contribution in [3.8, 4) is 0 Å². The van der Waals surface area contributed by atoms with E-state index in [1.165, 1.54) is 0 Å². The number of hydrogen-bond acceptors (Lipinski definition) is 0. The highest BCUT2D eigenvalue weighted by molar-refractivity contribution is 6.66. The van der Waals surface area contributed by atoms with E-state index in [1.807, 2.05) is 17.8 Å². The number of rotatable bonds is 2. The van der Waals surface area contributed by atoms with Gasteiger partial charge in [-0.3, -0.25) is 0 Å². The highest BCUT2D eigenvalue weighted by atomic mass is 19.4. The van der Waals surface area contributed by atoms with Crippen LogP contribution in [-0.4, -0.2) is 11.5 Å². The quantitative estimate of drug-likeness (QED) is 0.439. The second-order valence-corrected chi connectivity index (χ2v) is 3.09. The van der Waals surface area contributed by atoms with Crippen LogP contribution in [0.15, 0.2) is 30.5 Å². The van der Waals surface area contributed by atoms with Gasteiger partial charge >= 0.3 is 6.98 Å². The van der Waals surface area contributed by atoms with Gasteiger partial charge in [0, 0.05) is 0 Å². The predicted molar refractivity (Wildman–Crippen MR) is 50.7 cm³/mol. The van der Waals surface area contributed by atoms with Crippen molar-refractivity contribution in [3.63, 3.8) is 0 Å². The third-order valence-corrected chi connectivity index (χ3v) is 1.66. The molecule has 1 heterocycles. The number of hydrogen-bond donors (Lipinski definition) is 0. The van der Waals surface area contributed by atoms with Crippen LogP contribution in [0, 0.1) is 0 Å². The predicted octanol–water partition coefficient (Wildman–Crippen LogP) is 2.78. The van der Waals surface area contributed by atoms with Crippen molar-refractivity contribution in [3.05, 3.63) is 30.5 Å². The smallest absolute Gasteiger partial charge is 0.443 e. The SMILES string of the molecule is CCn1cc[n+](C)c1.FC(F)=C(F)[B-](F)(F)F. The number of aromatic nitrogens is 2. The molecular formula is C8H11BF6N2. The molecule has 2 nitrogen and oxygen atoms in total. The van der Waals surface area contributed by atoms with Crippen LogP contribution in [-0.2, 0) is 13.6 Å². The molecule has 0 bridgehead atoms. The Kier molecular flexibility index (Phi) is 5.83. The van der Waals surface area contributed by atoms with Crippen LogP contribution in [0.1, 0.15) is 6.92 Å². The van der Waals surface area contributed by atoms with Gasteiger partial charge in [0.2, 0.25) is 6.33 Å². The topological polar surface area (TPSA) is 8.81 Å². The Morgan fingerprint density at radius 1 is 1.24 bits per heavy atom. The van der Waals surface area contributed by atoms with Crippen LogP contribution in [0.3, 0.4) is 0 Å². The minimum atomic E-state index is -6.14. The lowest BCUT2D eigenvalue weighted by atomic mass is 9.91. The second kappa shape index (κ2) is 6.36. The van der Waals surface area contributed by atoms with Gasteiger partial charge in [-0.05, 0) is 6.92 Å². The normalized spacial score (nSPS) is 10.6. The Labute approximate surface area is 94.2 Å². The summed E-state index contributed by atoms with van der Waals surface area (Å²) in [5, 5.41) is 0. The van der Waals surface area contributed by atoms with E-state index in [9.17, 15) is 26.1 Å². The van der Waals surface area contributed by atoms with Crippen molar-refractivity contribution < 1.29 is 30.7 Å². The van der Waals surface area contributed by atoms with Crippen molar-refractivity contribution in [2.24, 2.45) is 7.05 Å². The van der Waals surface area contributed by atoms with E-state index in [1.54, 1.807) is 0 Å². The molecule has 0 unspecified atom stereocenters. The van der Waals surface area contributed by atoms with E-state index in [4.69, 9.17) is 0 Å². The molecule has 17 heavy (non-hydrogen) atoms. The highest BCUT2D eigenvalue weighted by Gasteiger charge is 2.33. The molecule has 0 atom stereocenters. The Bertz CT molecular complexity index is 380. The lowest BCUT2D eigenvalue weighted by molar-refractivity contribution is -0.671. The van der Waals surface area contributed by atoms with E-state index in [0.717, 1.165) is 6.54 Å². The van der Waals surface area contributed by atoms with Crippen molar-refractivity contribution in [1.29, 1.82) is 0 Å². The van der Waals surface area contributed by atoms with E-state index in [2.05, 4.69) is 24.0 Å². The zero-order valence-electron chi connectivity index (χ0n) is 9.18. The zero-order chi connectivity index (χ0) is 13.6. The number of aryl methyl sites for hydroxylation is 2. The summed E-state index contributed by atoms with van der Waals surface area (Å²) >= 11 is 0. The van der Waals surface area contributed by atoms with Crippen LogP contribution in [0.5, 0.6) is 0 Å². The molecule has 0 amide bonds. The summed E-state index contributed by atoms with van der Waals surface area (Å²) in [4.78, 5) is 0. The van der Waals surface area contributed by atoms with Gasteiger partial charge in [-0.2, -0.15) is 8.78 Å².